The Morgan fingerprint density at radius 3 is 2.46 bits per heavy atom. The van der Waals surface area contributed by atoms with E-state index in [0.717, 1.165) is 22.8 Å². The number of carbonyl (C=O) groups is 2. The van der Waals surface area contributed by atoms with Gasteiger partial charge in [-0.3, -0.25) is 14.6 Å². The first-order valence-corrected chi connectivity index (χ1v) is 13.4. The monoisotopic (exact) mass is 591 g/mol. The van der Waals surface area contributed by atoms with E-state index in [1.54, 1.807) is 12.1 Å². The fourth-order valence-electron chi connectivity index (χ4n) is 4.99. The molecule has 2 aromatic carbocycles. The lowest BCUT2D eigenvalue weighted by Gasteiger charge is -2.23. The van der Waals surface area contributed by atoms with Gasteiger partial charge in [-0.25, -0.2) is 13.2 Å². The topological polar surface area (TPSA) is 88.1 Å². The normalized spacial score (nSPS) is 15.5. The zero-order valence-electron chi connectivity index (χ0n) is 21.1. The van der Waals surface area contributed by atoms with Crippen LogP contribution in [-0.4, -0.2) is 51.3 Å². The van der Waals surface area contributed by atoms with E-state index in [1.807, 2.05) is 0 Å². The van der Waals surface area contributed by atoms with Crippen molar-refractivity contribution in [3.8, 4) is 11.1 Å². The molecule has 13 heteroatoms. The molecule has 1 unspecified atom stereocenters. The van der Waals surface area contributed by atoms with Gasteiger partial charge in [-0.15, -0.1) is 11.8 Å². The third-order valence-corrected chi connectivity index (χ3v) is 7.66. The van der Waals surface area contributed by atoms with Gasteiger partial charge in [-0.1, -0.05) is 12.1 Å². The van der Waals surface area contributed by atoms with E-state index in [4.69, 9.17) is 5.73 Å². The third-order valence-electron chi connectivity index (χ3n) is 6.69. The van der Waals surface area contributed by atoms with Crippen LogP contribution in [0.2, 0.25) is 0 Å². The number of rotatable bonds is 8. The van der Waals surface area contributed by atoms with Crippen molar-refractivity contribution in [3.05, 3.63) is 100 Å². The van der Waals surface area contributed by atoms with Crippen LogP contribution in [0, 0.1) is 17.5 Å². The maximum atomic E-state index is 14.2. The quantitative estimate of drug-likeness (QED) is 0.294. The molecule has 0 aliphatic carbocycles. The molecule has 0 saturated carbocycles. The lowest BCUT2D eigenvalue weighted by Crippen LogP contribution is -2.47. The molecule has 3 N–H and O–H groups in total. The summed E-state index contributed by atoms with van der Waals surface area (Å²) in [6.45, 7) is -0.632. The van der Waals surface area contributed by atoms with Crippen molar-refractivity contribution in [2.75, 3.05) is 18.1 Å². The number of benzene rings is 2. The number of nitrogens with two attached hydrogens (primary N) is 1. The molecular formula is C28H21F6N4O2S+. The van der Waals surface area contributed by atoms with E-state index in [9.17, 15) is 35.9 Å². The van der Waals surface area contributed by atoms with Gasteiger partial charge in [0, 0.05) is 23.6 Å². The average molecular weight is 592 g/mol. The smallest absolute Gasteiger partial charge is 0.366 e. The van der Waals surface area contributed by atoms with E-state index >= 15 is 0 Å². The lowest BCUT2D eigenvalue weighted by atomic mass is 9.94. The molecule has 2 aliphatic rings. The zero-order chi connectivity index (χ0) is 29.5. The first-order chi connectivity index (χ1) is 19.4. The number of hydrogen-bond donors (Lipinski definition) is 2. The molecule has 3 heterocycles. The maximum Gasteiger partial charge on any atom is 0.478 e. The maximum absolute atomic E-state index is 14.2. The highest BCUT2D eigenvalue weighted by atomic mass is 32.2. The molecule has 212 valence electrons. The summed E-state index contributed by atoms with van der Waals surface area (Å²) in [6.07, 6.45) is -3.44. The summed E-state index contributed by atoms with van der Waals surface area (Å²) < 4.78 is 84.2. The first-order valence-electron chi connectivity index (χ1n) is 12.2. The molecule has 2 amide bonds. The number of pyridine rings is 1. The number of nitrogens with one attached hydrogen (secondary N) is 1. The number of carbonyl (C=O) groups excluding carboxylic acids is 2. The van der Waals surface area contributed by atoms with Gasteiger partial charge in [0.1, 0.15) is 23.0 Å². The van der Waals surface area contributed by atoms with Crippen LogP contribution < -0.4 is 11.1 Å². The van der Waals surface area contributed by atoms with Crippen molar-refractivity contribution in [1.82, 2.24) is 10.3 Å². The summed E-state index contributed by atoms with van der Waals surface area (Å²) in [5.41, 5.74) is 5.60. The summed E-state index contributed by atoms with van der Waals surface area (Å²) >= 11 is 1.31. The van der Waals surface area contributed by atoms with E-state index in [2.05, 4.69) is 10.3 Å². The van der Waals surface area contributed by atoms with Crippen molar-refractivity contribution in [2.45, 2.75) is 18.6 Å². The van der Waals surface area contributed by atoms with Gasteiger partial charge in [-0.2, -0.15) is 17.7 Å². The Hall–Kier alpha value is -4.13. The van der Waals surface area contributed by atoms with E-state index in [-0.39, 0.29) is 29.0 Å². The van der Waals surface area contributed by atoms with E-state index in [1.165, 1.54) is 30.1 Å². The van der Waals surface area contributed by atoms with Crippen LogP contribution in [-0.2, 0) is 11.2 Å². The molecule has 3 aromatic rings. The summed E-state index contributed by atoms with van der Waals surface area (Å²) in [4.78, 5) is 29.3. The van der Waals surface area contributed by atoms with Crippen molar-refractivity contribution in [1.29, 1.82) is 0 Å². The minimum Gasteiger partial charge on any atom is -0.366 e. The minimum absolute atomic E-state index is 0.144. The van der Waals surface area contributed by atoms with Gasteiger partial charge < -0.3 is 11.1 Å². The average Bonchev–Trinajstić information content (AvgIpc) is 3.28. The van der Waals surface area contributed by atoms with Crippen LogP contribution >= 0.6 is 11.8 Å². The summed E-state index contributed by atoms with van der Waals surface area (Å²) in [5, 5.41) is 2.67. The van der Waals surface area contributed by atoms with Gasteiger partial charge in [0.15, 0.2) is 0 Å². The highest BCUT2D eigenvalue weighted by Gasteiger charge is 2.57. The number of aromatic nitrogens is 1. The van der Waals surface area contributed by atoms with Gasteiger partial charge in [0.05, 0.1) is 23.1 Å². The fourth-order valence-corrected chi connectivity index (χ4v) is 6.13. The molecular weight excluding hydrogens is 570 g/mol. The Morgan fingerprint density at radius 1 is 1.05 bits per heavy atom. The number of hydrogen-bond acceptors (Lipinski definition) is 4. The first kappa shape index (κ1) is 28.4. The van der Waals surface area contributed by atoms with Gasteiger partial charge in [0.25, 0.3) is 17.5 Å². The number of nitrogens with zero attached hydrogens (tertiary/aromatic N) is 2. The Bertz CT molecular complexity index is 1620. The molecule has 41 heavy (non-hydrogen) atoms. The molecule has 0 bridgehead atoms. The van der Waals surface area contributed by atoms with Crippen LogP contribution in [0.3, 0.4) is 0 Å². The number of primary amides is 1. The second-order valence-electron chi connectivity index (χ2n) is 9.45. The highest BCUT2D eigenvalue weighted by molar-refractivity contribution is 8.00. The SMILES string of the molecule is NC(=O)c1cc(-c2cccnc2C(Cc2cc(F)cc(F)c2)NC(=O)C[N+]2=C(C(F)(F)F)C3=C2CSC3)ccc1F. The van der Waals surface area contributed by atoms with Crippen LogP contribution in [0.1, 0.15) is 27.7 Å². The predicted molar refractivity (Wildman–Crippen MR) is 140 cm³/mol. The number of halogens is 6. The van der Waals surface area contributed by atoms with Gasteiger partial charge >= 0.3 is 6.18 Å². The minimum atomic E-state index is -4.64. The van der Waals surface area contributed by atoms with Crippen molar-refractivity contribution in [3.63, 3.8) is 0 Å². The van der Waals surface area contributed by atoms with Crippen LogP contribution in [0.25, 0.3) is 11.1 Å². The van der Waals surface area contributed by atoms with Crippen LogP contribution in [0.4, 0.5) is 26.3 Å². The molecule has 0 saturated heterocycles. The lowest BCUT2D eigenvalue weighted by molar-refractivity contribution is -0.485. The Balaban J connectivity index is 1.52. The Kier molecular flexibility index (Phi) is 7.64. The standard InChI is InChI=1S/C28H20F6N4O2S/c29-16-6-14(7-17(30)10-16)8-22(37-24(39)11-38-23-13-41-12-20(23)26(38)28(32,33)34)25-18(2-1-5-36-25)15-3-4-21(31)19(9-15)27(35)40/h1-7,9-10,22H,8,11-13H2,(H2-,35,37,39,40)/p+1. The zero-order valence-corrected chi connectivity index (χ0v) is 21.9. The fraction of sp³-hybridized carbons (Fsp3) is 0.214. The molecule has 0 fully saturated rings. The largest absolute Gasteiger partial charge is 0.478 e. The Labute approximate surface area is 234 Å². The number of thioether (sulfide) groups is 1. The van der Waals surface area contributed by atoms with E-state index in [0.29, 0.717) is 28.6 Å². The molecule has 0 radical (unpaired) electrons. The van der Waals surface area contributed by atoms with Crippen LogP contribution in [0.5, 0.6) is 0 Å². The van der Waals surface area contributed by atoms with Crippen molar-refractivity contribution in [2.24, 2.45) is 5.73 Å². The number of amides is 2. The molecule has 0 spiro atoms. The highest BCUT2D eigenvalue weighted by Crippen LogP contribution is 2.39. The van der Waals surface area contributed by atoms with Crippen molar-refractivity contribution < 1.29 is 40.5 Å². The van der Waals surface area contributed by atoms with Gasteiger partial charge in [0.2, 0.25) is 12.2 Å². The second kappa shape index (κ2) is 11.0. The predicted octanol–water partition coefficient (Wildman–Crippen LogP) is 4.70. The van der Waals surface area contributed by atoms with Gasteiger partial charge in [-0.05, 0) is 47.9 Å². The molecule has 6 nitrogen and oxygen atoms in total. The molecule has 1 aromatic heterocycles. The summed E-state index contributed by atoms with van der Waals surface area (Å²) in [6, 6.07) is 8.43. The summed E-state index contributed by atoms with van der Waals surface area (Å²) in [5.74, 6) is -3.83. The Morgan fingerprint density at radius 2 is 1.78 bits per heavy atom. The summed E-state index contributed by atoms with van der Waals surface area (Å²) in [7, 11) is 0. The third kappa shape index (κ3) is 5.85. The second-order valence-corrected chi connectivity index (χ2v) is 10.4. The van der Waals surface area contributed by atoms with Crippen LogP contribution in [0.15, 0.2) is 66.0 Å². The molecule has 5 rings (SSSR count). The number of alkyl halides is 3. The van der Waals surface area contributed by atoms with Crippen molar-refractivity contribution >= 4 is 29.3 Å². The van der Waals surface area contributed by atoms with E-state index < -0.39 is 59.3 Å². The molecule has 2 aliphatic heterocycles. The molecule has 1 atom stereocenters.